The molecule has 0 aliphatic carbocycles. The zero-order valence-corrected chi connectivity index (χ0v) is 15.7. The van der Waals surface area contributed by atoms with Crippen LogP contribution in [0, 0.1) is 0 Å². The number of nitrogens with one attached hydrogen (secondary N) is 1. The number of hydrogen-bond donors (Lipinski definition) is 1. The predicted octanol–water partition coefficient (Wildman–Crippen LogP) is 4.85. The molecule has 2 aromatic carbocycles. The van der Waals surface area contributed by atoms with Crippen LogP contribution in [0.1, 0.15) is 56.8 Å². The largest absolute Gasteiger partial charge is 0.481 e. The summed E-state index contributed by atoms with van der Waals surface area (Å²) in [5.41, 5.74) is 3.66. The molecule has 1 N–H and O–H groups in total. The Morgan fingerprint density at radius 1 is 0.920 bits per heavy atom. The van der Waals surface area contributed by atoms with Gasteiger partial charge in [0.15, 0.2) is 6.10 Å². The highest BCUT2D eigenvalue weighted by molar-refractivity contribution is 5.81. The van der Waals surface area contributed by atoms with Crippen molar-refractivity contribution in [3.05, 3.63) is 65.2 Å². The zero-order chi connectivity index (χ0) is 18.2. The Hall–Kier alpha value is -2.29. The topological polar surface area (TPSA) is 38.3 Å². The summed E-state index contributed by atoms with van der Waals surface area (Å²) in [4.78, 5) is 12.6. The molecule has 3 heteroatoms. The molecule has 0 fully saturated rings. The monoisotopic (exact) mass is 339 g/mol. The maximum Gasteiger partial charge on any atom is 0.261 e. The van der Waals surface area contributed by atoms with Crippen molar-refractivity contribution in [2.75, 3.05) is 0 Å². The van der Waals surface area contributed by atoms with Crippen LogP contribution < -0.4 is 10.1 Å². The van der Waals surface area contributed by atoms with Crippen molar-refractivity contribution in [2.24, 2.45) is 0 Å². The zero-order valence-electron chi connectivity index (χ0n) is 15.7. The Morgan fingerprint density at radius 3 is 1.92 bits per heavy atom. The fourth-order valence-corrected chi connectivity index (χ4v) is 2.72. The third-order valence-electron chi connectivity index (χ3n) is 4.52. The van der Waals surface area contributed by atoms with Gasteiger partial charge in [0.05, 0.1) is 6.04 Å². The van der Waals surface area contributed by atoms with E-state index in [2.05, 4.69) is 43.4 Å². The molecule has 0 saturated carbocycles. The van der Waals surface area contributed by atoms with Gasteiger partial charge in [-0.2, -0.15) is 0 Å². The Morgan fingerprint density at radius 2 is 1.44 bits per heavy atom. The number of benzene rings is 2. The second-order valence-electron chi connectivity index (χ2n) is 6.34. The molecule has 0 unspecified atom stereocenters. The number of amides is 1. The van der Waals surface area contributed by atoms with Gasteiger partial charge in [-0.1, -0.05) is 57.2 Å². The Labute approximate surface area is 151 Å². The van der Waals surface area contributed by atoms with Gasteiger partial charge in [0, 0.05) is 0 Å². The van der Waals surface area contributed by atoms with Crippen LogP contribution in [0.3, 0.4) is 0 Å². The van der Waals surface area contributed by atoms with Gasteiger partial charge in [-0.05, 0) is 55.0 Å². The molecular formula is C22H29NO2. The molecule has 0 spiro atoms. The number of hydrogen-bond acceptors (Lipinski definition) is 2. The highest BCUT2D eigenvalue weighted by atomic mass is 16.5. The molecule has 25 heavy (non-hydrogen) atoms. The molecule has 134 valence electrons. The van der Waals surface area contributed by atoms with Crippen LogP contribution in [0.25, 0.3) is 0 Å². The minimum Gasteiger partial charge on any atom is -0.481 e. The normalized spacial score (nSPS) is 13.1. The van der Waals surface area contributed by atoms with Crippen LogP contribution in [0.5, 0.6) is 5.75 Å². The van der Waals surface area contributed by atoms with Crippen LogP contribution in [0.4, 0.5) is 0 Å². The van der Waals surface area contributed by atoms with Crippen LogP contribution in [-0.4, -0.2) is 12.0 Å². The average Bonchev–Trinajstić information content (AvgIpc) is 2.66. The minimum absolute atomic E-state index is 0.0430. The summed E-state index contributed by atoms with van der Waals surface area (Å²) in [5, 5.41) is 3.06. The van der Waals surface area contributed by atoms with E-state index in [1.54, 1.807) is 0 Å². The summed E-state index contributed by atoms with van der Waals surface area (Å²) in [5.74, 6) is 0.660. The lowest BCUT2D eigenvalue weighted by Gasteiger charge is -2.21. The van der Waals surface area contributed by atoms with Crippen molar-refractivity contribution < 1.29 is 9.53 Å². The lowest BCUT2D eigenvalue weighted by molar-refractivity contribution is -0.128. The molecule has 0 aliphatic heterocycles. The van der Waals surface area contributed by atoms with E-state index >= 15 is 0 Å². The molecule has 0 bridgehead atoms. The van der Waals surface area contributed by atoms with Gasteiger partial charge in [0.1, 0.15) is 5.75 Å². The van der Waals surface area contributed by atoms with E-state index in [-0.39, 0.29) is 11.9 Å². The van der Waals surface area contributed by atoms with Crippen molar-refractivity contribution in [1.82, 2.24) is 5.32 Å². The quantitative estimate of drug-likeness (QED) is 0.747. The molecule has 0 radical (unpaired) electrons. The fourth-order valence-electron chi connectivity index (χ4n) is 2.72. The van der Waals surface area contributed by atoms with Crippen molar-refractivity contribution in [3.63, 3.8) is 0 Å². The van der Waals surface area contributed by atoms with E-state index < -0.39 is 6.10 Å². The van der Waals surface area contributed by atoms with E-state index in [0.717, 1.165) is 24.2 Å². The van der Waals surface area contributed by atoms with Gasteiger partial charge < -0.3 is 10.1 Å². The highest BCUT2D eigenvalue weighted by Crippen LogP contribution is 2.17. The number of carbonyl (C=O) groups excluding carboxylic acids is 1. The minimum atomic E-state index is -0.482. The molecular weight excluding hydrogens is 310 g/mol. The number of rotatable bonds is 8. The summed E-state index contributed by atoms with van der Waals surface area (Å²) < 4.78 is 5.89. The summed E-state index contributed by atoms with van der Waals surface area (Å²) in [6.07, 6.45) is 2.16. The third-order valence-corrected chi connectivity index (χ3v) is 4.52. The fraction of sp³-hybridized carbons (Fsp3) is 0.409. The van der Waals surface area contributed by atoms with Gasteiger partial charge in [0.2, 0.25) is 0 Å². The van der Waals surface area contributed by atoms with Crippen molar-refractivity contribution >= 4 is 5.91 Å². The SMILES string of the molecule is CCc1ccc(O[C@H](CC)C(=O)N[C@H](C)c2ccc(CC)cc2)cc1. The maximum atomic E-state index is 12.6. The van der Waals surface area contributed by atoms with Gasteiger partial charge in [-0.15, -0.1) is 0 Å². The van der Waals surface area contributed by atoms with E-state index in [1.165, 1.54) is 11.1 Å². The van der Waals surface area contributed by atoms with Gasteiger partial charge in [-0.3, -0.25) is 4.79 Å². The Kier molecular flexibility index (Phi) is 7.05. The summed E-state index contributed by atoms with van der Waals surface area (Å²) >= 11 is 0. The smallest absolute Gasteiger partial charge is 0.261 e. The maximum absolute atomic E-state index is 12.6. The first-order valence-corrected chi connectivity index (χ1v) is 9.22. The van der Waals surface area contributed by atoms with Crippen LogP contribution in [0.2, 0.25) is 0 Å². The third kappa shape index (κ3) is 5.35. The average molecular weight is 339 g/mol. The summed E-state index contributed by atoms with van der Waals surface area (Å²) in [7, 11) is 0. The first-order valence-electron chi connectivity index (χ1n) is 9.22. The highest BCUT2D eigenvalue weighted by Gasteiger charge is 2.20. The lowest BCUT2D eigenvalue weighted by atomic mass is 10.0. The Balaban J connectivity index is 1.97. The van der Waals surface area contributed by atoms with E-state index in [1.807, 2.05) is 38.1 Å². The van der Waals surface area contributed by atoms with Crippen LogP contribution in [-0.2, 0) is 17.6 Å². The number of ether oxygens (including phenoxy) is 1. The molecule has 3 nitrogen and oxygen atoms in total. The van der Waals surface area contributed by atoms with E-state index in [4.69, 9.17) is 4.74 Å². The first-order chi connectivity index (χ1) is 12.1. The molecule has 2 aromatic rings. The second kappa shape index (κ2) is 9.26. The van der Waals surface area contributed by atoms with Gasteiger partial charge in [-0.25, -0.2) is 0 Å². The summed E-state index contributed by atoms with van der Waals surface area (Å²) in [6.45, 7) is 8.22. The van der Waals surface area contributed by atoms with Crippen molar-refractivity contribution in [1.29, 1.82) is 0 Å². The number of aryl methyl sites for hydroxylation is 2. The second-order valence-corrected chi connectivity index (χ2v) is 6.34. The van der Waals surface area contributed by atoms with E-state index in [9.17, 15) is 4.79 Å². The Bertz CT molecular complexity index is 661. The summed E-state index contributed by atoms with van der Waals surface area (Å²) in [6, 6.07) is 16.3. The predicted molar refractivity (Wildman–Crippen MR) is 103 cm³/mol. The lowest BCUT2D eigenvalue weighted by Crippen LogP contribution is -2.39. The van der Waals surface area contributed by atoms with E-state index in [0.29, 0.717) is 6.42 Å². The molecule has 2 atom stereocenters. The van der Waals surface area contributed by atoms with Crippen LogP contribution >= 0.6 is 0 Å². The molecule has 1 amide bonds. The van der Waals surface area contributed by atoms with Gasteiger partial charge >= 0.3 is 0 Å². The molecule has 0 saturated heterocycles. The first kappa shape index (κ1) is 19.0. The standard InChI is InChI=1S/C22H29NO2/c1-5-17-8-12-19(13-9-17)16(4)23-22(24)21(7-3)25-20-14-10-18(6-2)11-15-20/h8-16,21H,5-7H2,1-4H3,(H,23,24)/t16-,21-/m1/s1. The van der Waals surface area contributed by atoms with Crippen LogP contribution in [0.15, 0.2) is 48.5 Å². The molecule has 2 rings (SSSR count). The molecule has 0 heterocycles. The molecule has 0 aromatic heterocycles. The van der Waals surface area contributed by atoms with Crippen molar-refractivity contribution in [3.8, 4) is 5.75 Å². The van der Waals surface area contributed by atoms with Gasteiger partial charge in [0.25, 0.3) is 5.91 Å². The number of carbonyl (C=O) groups is 1. The molecule has 0 aliphatic rings. The van der Waals surface area contributed by atoms with Crippen molar-refractivity contribution in [2.45, 2.75) is 59.1 Å².